The molecule has 0 spiro atoms. The van der Waals surface area contributed by atoms with Gasteiger partial charge in [0.15, 0.2) is 0 Å². The van der Waals surface area contributed by atoms with Crippen molar-refractivity contribution in [1.82, 2.24) is 14.9 Å². The van der Waals surface area contributed by atoms with Gasteiger partial charge >= 0.3 is 0 Å². The predicted molar refractivity (Wildman–Crippen MR) is 89.5 cm³/mol. The molecule has 23 heavy (non-hydrogen) atoms. The minimum absolute atomic E-state index is 0.0245. The summed E-state index contributed by atoms with van der Waals surface area (Å²) in [5.41, 5.74) is 0.771. The van der Waals surface area contributed by atoms with Gasteiger partial charge < -0.3 is 9.72 Å². The minimum Gasteiger partial charge on any atom is -0.381 e. The largest absolute Gasteiger partial charge is 0.381 e. The van der Waals surface area contributed by atoms with Crippen LogP contribution in [0, 0.1) is 5.92 Å². The van der Waals surface area contributed by atoms with E-state index in [1.807, 2.05) is 24.3 Å². The molecule has 3 heterocycles. The van der Waals surface area contributed by atoms with Crippen LogP contribution in [0.2, 0.25) is 0 Å². The molecule has 4 rings (SSSR count). The van der Waals surface area contributed by atoms with Crippen molar-refractivity contribution < 1.29 is 4.74 Å². The number of para-hydroxylation sites is 1. The predicted octanol–water partition coefficient (Wildman–Crippen LogP) is 2.49. The van der Waals surface area contributed by atoms with E-state index in [0.29, 0.717) is 11.3 Å². The van der Waals surface area contributed by atoms with Crippen LogP contribution < -0.4 is 5.56 Å². The summed E-state index contributed by atoms with van der Waals surface area (Å²) in [4.78, 5) is 22.6. The van der Waals surface area contributed by atoms with Crippen molar-refractivity contribution in [3.63, 3.8) is 0 Å². The van der Waals surface area contributed by atoms with E-state index in [0.717, 1.165) is 56.9 Å². The highest BCUT2D eigenvalue weighted by Gasteiger charge is 2.30. The molecule has 1 aromatic carbocycles. The Morgan fingerprint density at radius 3 is 2.91 bits per heavy atom. The number of hydrogen-bond acceptors (Lipinski definition) is 4. The fourth-order valence-corrected chi connectivity index (χ4v) is 3.88. The van der Waals surface area contributed by atoms with E-state index in [-0.39, 0.29) is 11.6 Å². The molecule has 2 aliphatic rings. The molecule has 0 aliphatic carbocycles. The van der Waals surface area contributed by atoms with Gasteiger partial charge in [-0.2, -0.15) is 0 Å². The SMILES string of the molecule is O=c1[nH]c(C2CCCN2CC2CCOCC2)nc2ccccc12. The number of nitrogens with one attached hydrogen (secondary N) is 1. The molecule has 1 N–H and O–H groups in total. The summed E-state index contributed by atoms with van der Waals surface area (Å²) in [5.74, 6) is 1.54. The number of fused-ring (bicyclic) bond motifs is 1. The topological polar surface area (TPSA) is 58.2 Å². The Morgan fingerprint density at radius 2 is 2.04 bits per heavy atom. The van der Waals surface area contributed by atoms with Gasteiger partial charge in [-0.3, -0.25) is 9.69 Å². The number of H-pyrrole nitrogens is 1. The van der Waals surface area contributed by atoms with Gasteiger partial charge in [0.2, 0.25) is 0 Å². The third-order valence-electron chi connectivity index (χ3n) is 5.14. The van der Waals surface area contributed by atoms with E-state index in [9.17, 15) is 4.79 Å². The summed E-state index contributed by atoms with van der Waals surface area (Å²) in [5, 5.41) is 0.672. The smallest absolute Gasteiger partial charge is 0.258 e. The van der Waals surface area contributed by atoms with Crippen molar-refractivity contribution in [2.24, 2.45) is 5.92 Å². The van der Waals surface area contributed by atoms with Crippen molar-refractivity contribution >= 4 is 10.9 Å². The standard InChI is InChI=1S/C18H23N3O2/c22-18-14-4-1-2-5-15(14)19-17(20-18)16-6-3-9-21(16)12-13-7-10-23-11-8-13/h1-2,4-5,13,16H,3,6-12H2,(H,19,20,22). The van der Waals surface area contributed by atoms with E-state index in [2.05, 4.69) is 9.88 Å². The van der Waals surface area contributed by atoms with Gasteiger partial charge in [-0.25, -0.2) is 4.98 Å². The van der Waals surface area contributed by atoms with Crippen molar-refractivity contribution in [3.05, 3.63) is 40.4 Å². The molecule has 2 aliphatic heterocycles. The van der Waals surface area contributed by atoms with Gasteiger partial charge in [0.25, 0.3) is 5.56 Å². The second-order valence-electron chi connectivity index (χ2n) is 6.68. The lowest BCUT2D eigenvalue weighted by molar-refractivity contribution is 0.0501. The lowest BCUT2D eigenvalue weighted by atomic mass is 9.99. The number of benzene rings is 1. The van der Waals surface area contributed by atoms with Gasteiger partial charge in [0.05, 0.1) is 16.9 Å². The van der Waals surface area contributed by atoms with Gasteiger partial charge in [0, 0.05) is 19.8 Å². The third kappa shape index (κ3) is 3.03. The zero-order valence-corrected chi connectivity index (χ0v) is 13.3. The van der Waals surface area contributed by atoms with Crippen LogP contribution in [0.25, 0.3) is 10.9 Å². The third-order valence-corrected chi connectivity index (χ3v) is 5.14. The normalized spacial score (nSPS) is 23.6. The van der Waals surface area contributed by atoms with Gasteiger partial charge in [-0.15, -0.1) is 0 Å². The molecule has 2 fully saturated rings. The van der Waals surface area contributed by atoms with Crippen molar-refractivity contribution in [2.45, 2.75) is 31.7 Å². The maximum atomic E-state index is 12.3. The highest BCUT2D eigenvalue weighted by molar-refractivity contribution is 5.77. The first-order valence-corrected chi connectivity index (χ1v) is 8.62. The molecule has 0 radical (unpaired) electrons. The zero-order chi connectivity index (χ0) is 15.6. The Morgan fingerprint density at radius 1 is 1.22 bits per heavy atom. The van der Waals surface area contributed by atoms with Crippen molar-refractivity contribution in [1.29, 1.82) is 0 Å². The van der Waals surface area contributed by atoms with E-state index < -0.39 is 0 Å². The number of ether oxygens (including phenoxy) is 1. The molecular formula is C18H23N3O2. The quantitative estimate of drug-likeness (QED) is 0.946. The number of likely N-dealkylation sites (tertiary alicyclic amines) is 1. The average molecular weight is 313 g/mol. The fraction of sp³-hybridized carbons (Fsp3) is 0.556. The highest BCUT2D eigenvalue weighted by Crippen LogP contribution is 2.32. The average Bonchev–Trinajstić information content (AvgIpc) is 3.04. The molecule has 1 unspecified atom stereocenters. The van der Waals surface area contributed by atoms with Crippen molar-refractivity contribution in [3.8, 4) is 0 Å². The fourth-order valence-electron chi connectivity index (χ4n) is 3.88. The summed E-state index contributed by atoms with van der Waals surface area (Å²) in [6.45, 7) is 3.95. The second kappa shape index (κ2) is 6.42. The first-order chi connectivity index (χ1) is 11.3. The van der Waals surface area contributed by atoms with Crippen LogP contribution in [0.4, 0.5) is 0 Å². The Kier molecular flexibility index (Phi) is 4.14. The lowest BCUT2D eigenvalue weighted by Crippen LogP contribution is -2.33. The Bertz CT molecular complexity index is 736. The molecule has 2 aromatic rings. The van der Waals surface area contributed by atoms with Gasteiger partial charge in [-0.1, -0.05) is 12.1 Å². The molecule has 5 heteroatoms. The minimum atomic E-state index is -0.0245. The Balaban J connectivity index is 1.59. The maximum Gasteiger partial charge on any atom is 0.258 e. The second-order valence-corrected chi connectivity index (χ2v) is 6.68. The van der Waals surface area contributed by atoms with Crippen LogP contribution in [0.15, 0.2) is 29.1 Å². The maximum absolute atomic E-state index is 12.3. The molecule has 2 saturated heterocycles. The number of nitrogens with zero attached hydrogens (tertiary/aromatic N) is 2. The number of rotatable bonds is 3. The first kappa shape index (κ1) is 14.8. The summed E-state index contributed by atoms with van der Waals surface area (Å²) >= 11 is 0. The van der Waals surface area contributed by atoms with E-state index in [1.54, 1.807) is 0 Å². The molecule has 1 aromatic heterocycles. The number of aromatic nitrogens is 2. The van der Waals surface area contributed by atoms with Crippen LogP contribution in [-0.2, 0) is 4.74 Å². The van der Waals surface area contributed by atoms with Gasteiger partial charge in [-0.05, 0) is 50.3 Å². The van der Waals surface area contributed by atoms with E-state index >= 15 is 0 Å². The van der Waals surface area contributed by atoms with Crippen LogP contribution in [0.5, 0.6) is 0 Å². The van der Waals surface area contributed by atoms with E-state index in [4.69, 9.17) is 9.72 Å². The first-order valence-electron chi connectivity index (χ1n) is 8.62. The molecule has 5 nitrogen and oxygen atoms in total. The summed E-state index contributed by atoms with van der Waals surface area (Å²) < 4.78 is 5.46. The highest BCUT2D eigenvalue weighted by atomic mass is 16.5. The monoisotopic (exact) mass is 313 g/mol. The molecule has 0 bridgehead atoms. The van der Waals surface area contributed by atoms with Crippen LogP contribution in [0.3, 0.4) is 0 Å². The van der Waals surface area contributed by atoms with Crippen LogP contribution in [0.1, 0.15) is 37.5 Å². The van der Waals surface area contributed by atoms with Gasteiger partial charge in [0.1, 0.15) is 5.82 Å². The molecule has 122 valence electrons. The lowest BCUT2D eigenvalue weighted by Gasteiger charge is -2.30. The van der Waals surface area contributed by atoms with E-state index in [1.165, 1.54) is 6.42 Å². The molecule has 0 saturated carbocycles. The van der Waals surface area contributed by atoms with Crippen LogP contribution >= 0.6 is 0 Å². The number of aromatic amines is 1. The summed E-state index contributed by atoms with van der Waals surface area (Å²) in [6, 6.07) is 7.82. The number of hydrogen-bond donors (Lipinski definition) is 1. The Hall–Kier alpha value is -1.72. The summed E-state index contributed by atoms with van der Waals surface area (Å²) in [7, 11) is 0. The Labute approximate surface area is 135 Å². The van der Waals surface area contributed by atoms with Crippen LogP contribution in [-0.4, -0.2) is 41.2 Å². The summed E-state index contributed by atoms with van der Waals surface area (Å²) in [6.07, 6.45) is 4.53. The van der Waals surface area contributed by atoms with Crippen molar-refractivity contribution in [2.75, 3.05) is 26.3 Å². The molecule has 0 amide bonds. The zero-order valence-electron chi connectivity index (χ0n) is 13.3. The molecule has 1 atom stereocenters. The molecular weight excluding hydrogens is 290 g/mol.